The smallest absolute Gasteiger partial charge is 0.224 e. The largest absolute Gasteiger partial charge is 0.507 e. The van der Waals surface area contributed by atoms with Gasteiger partial charge in [-0.25, -0.2) is 4.39 Å². The average molecular weight is 395 g/mol. The van der Waals surface area contributed by atoms with Crippen LogP contribution in [0.2, 0.25) is 0 Å². The highest BCUT2D eigenvalue weighted by atomic mass is 32.2. The summed E-state index contributed by atoms with van der Waals surface area (Å²) in [6.45, 7) is 3.72. The molecule has 3 aromatic carbocycles. The van der Waals surface area contributed by atoms with Crippen molar-refractivity contribution in [3.63, 3.8) is 0 Å². The number of aromatic hydroxyl groups is 1. The molecule has 28 heavy (non-hydrogen) atoms. The highest BCUT2D eigenvalue weighted by molar-refractivity contribution is 8.14. The van der Waals surface area contributed by atoms with Gasteiger partial charge < -0.3 is 10.0 Å². The van der Waals surface area contributed by atoms with Crippen LogP contribution < -0.4 is 4.90 Å². The summed E-state index contributed by atoms with van der Waals surface area (Å²) < 4.78 is 13.1. The number of thioether (sulfide) groups is 1. The highest BCUT2D eigenvalue weighted by Gasteiger charge is 2.14. The second kappa shape index (κ2) is 8.07. The first kappa shape index (κ1) is 20.0. The lowest BCUT2D eigenvalue weighted by Crippen LogP contribution is -2.10. The Balaban J connectivity index is 2.02. The predicted octanol–water partition coefficient (Wildman–Crippen LogP) is 5.81. The number of hydrogen-bond acceptors (Lipinski definition) is 4. The van der Waals surface area contributed by atoms with Gasteiger partial charge in [0.1, 0.15) is 11.6 Å². The summed E-state index contributed by atoms with van der Waals surface area (Å²) in [7, 11) is 3.85. The number of carbonyl (C=O) groups is 1. The maximum absolute atomic E-state index is 13.1. The van der Waals surface area contributed by atoms with Gasteiger partial charge in [0.15, 0.2) is 0 Å². The number of phenolic OH excluding ortho intramolecular Hbond substituents is 1. The summed E-state index contributed by atoms with van der Waals surface area (Å²) in [5.41, 5.74) is 4.90. The molecule has 0 amide bonds. The molecule has 5 heteroatoms. The first-order valence-corrected chi connectivity index (χ1v) is 9.67. The minimum atomic E-state index is -0.327. The lowest BCUT2D eigenvalue weighted by molar-refractivity contribution is 0.108. The van der Waals surface area contributed by atoms with Crippen molar-refractivity contribution in [1.82, 2.24) is 0 Å². The predicted molar refractivity (Wildman–Crippen MR) is 114 cm³/mol. The molecule has 0 saturated heterocycles. The van der Waals surface area contributed by atoms with Crippen molar-refractivity contribution in [2.24, 2.45) is 0 Å². The number of halogens is 1. The molecule has 3 aromatic rings. The summed E-state index contributed by atoms with van der Waals surface area (Å²) in [6.07, 6.45) is 0. The lowest BCUT2D eigenvalue weighted by atomic mass is 9.97. The number of anilines is 1. The maximum atomic E-state index is 13.1. The molecule has 144 valence electrons. The van der Waals surface area contributed by atoms with Gasteiger partial charge in [-0.05, 0) is 102 Å². The van der Waals surface area contributed by atoms with Crippen LogP contribution >= 0.6 is 11.8 Å². The van der Waals surface area contributed by atoms with Crippen molar-refractivity contribution in [3.05, 3.63) is 77.1 Å². The van der Waals surface area contributed by atoms with E-state index in [0.717, 1.165) is 39.7 Å². The molecule has 0 aliphatic carbocycles. The molecule has 0 atom stereocenters. The molecule has 0 aliphatic heterocycles. The van der Waals surface area contributed by atoms with Crippen LogP contribution in [0.1, 0.15) is 21.5 Å². The standard InChI is InChI=1S/C23H22FNO2S/c1-14-9-16(10-15(2)22(14)26)17-11-18(13-20(12-17)25(3)4)23(27)28-21-7-5-19(24)6-8-21/h5-13,26H,1-4H3. The molecule has 0 heterocycles. The topological polar surface area (TPSA) is 40.5 Å². The molecule has 1 N–H and O–H groups in total. The van der Waals surface area contributed by atoms with Crippen molar-refractivity contribution in [3.8, 4) is 16.9 Å². The molecule has 0 bridgehead atoms. The van der Waals surface area contributed by atoms with E-state index < -0.39 is 0 Å². The van der Waals surface area contributed by atoms with Gasteiger partial charge in [0.25, 0.3) is 0 Å². The summed E-state index contributed by atoms with van der Waals surface area (Å²) in [6, 6.07) is 15.4. The van der Waals surface area contributed by atoms with Gasteiger partial charge in [0.05, 0.1) is 0 Å². The van der Waals surface area contributed by atoms with E-state index in [1.807, 2.05) is 63.2 Å². The molecule has 0 spiro atoms. The van der Waals surface area contributed by atoms with E-state index in [2.05, 4.69) is 0 Å². The van der Waals surface area contributed by atoms with Gasteiger partial charge in [-0.1, -0.05) is 0 Å². The molecule has 3 rings (SSSR count). The molecule has 0 fully saturated rings. The van der Waals surface area contributed by atoms with Crippen LogP contribution in [0, 0.1) is 19.7 Å². The number of hydrogen-bond donors (Lipinski definition) is 1. The zero-order valence-corrected chi connectivity index (χ0v) is 17.1. The number of rotatable bonds is 4. The van der Waals surface area contributed by atoms with Crippen molar-refractivity contribution in [2.45, 2.75) is 18.7 Å². The zero-order chi connectivity index (χ0) is 20.4. The molecule has 0 saturated carbocycles. The van der Waals surface area contributed by atoms with E-state index in [-0.39, 0.29) is 16.7 Å². The van der Waals surface area contributed by atoms with Gasteiger partial charge in [0.2, 0.25) is 5.12 Å². The van der Waals surface area contributed by atoms with E-state index in [1.165, 1.54) is 12.1 Å². The first-order valence-electron chi connectivity index (χ1n) is 8.85. The Kier molecular flexibility index (Phi) is 5.75. The van der Waals surface area contributed by atoms with E-state index >= 15 is 0 Å². The third-order valence-corrected chi connectivity index (χ3v) is 5.45. The number of phenols is 1. The SMILES string of the molecule is Cc1cc(-c2cc(C(=O)Sc3ccc(F)cc3)cc(N(C)C)c2)cc(C)c1O. The number of aryl methyl sites for hydroxylation is 2. The fourth-order valence-corrected chi connectivity index (χ4v) is 3.67. The fourth-order valence-electron chi connectivity index (χ4n) is 2.95. The van der Waals surface area contributed by atoms with Crippen LogP contribution in [0.25, 0.3) is 11.1 Å². The Bertz CT molecular complexity index is 1010. The van der Waals surface area contributed by atoms with Crippen molar-refractivity contribution < 1.29 is 14.3 Å². The zero-order valence-electron chi connectivity index (χ0n) is 16.3. The summed E-state index contributed by atoms with van der Waals surface area (Å²) >= 11 is 1.07. The quantitative estimate of drug-likeness (QED) is 0.566. The van der Waals surface area contributed by atoms with E-state index in [9.17, 15) is 14.3 Å². The lowest BCUT2D eigenvalue weighted by Gasteiger charge is -2.17. The summed E-state index contributed by atoms with van der Waals surface area (Å²) in [4.78, 5) is 15.5. The molecule has 0 unspecified atom stereocenters. The molecule has 0 radical (unpaired) electrons. The fraction of sp³-hybridized carbons (Fsp3) is 0.174. The van der Waals surface area contributed by atoms with E-state index in [0.29, 0.717) is 10.5 Å². The van der Waals surface area contributed by atoms with E-state index in [4.69, 9.17) is 0 Å². The van der Waals surface area contributed by atoms with Crippen LogP contribution in [-0.4, -0.2) is 24.3 Å². The number of carbonyl (C=O) groups excluding carboxylic acids is 1. The van der Waals surface area contributed by atoms with Crippen LogP contribution in [0.3, 0.4) is 0 Å². The Labute approximate surface area is 168 Å². The van der Waals surface area contributed by atoms with Crippen LogP contribution in [0.5, 0.6) is 5.75 Å². The van der Waals surface area contributed by atoms with Crippen molar-refractivity contribution in [2.75, 3.05) is 19.0 Å². The minimum Gasteiger partial charge on any atom is -0.507 e. The third kappa shape index (κ3) is 4.37. The molecule has 3 nitrogen and oxygen atoms in total. The Morgan fingerprint density at radius 1 is 0.929 bits per heavy atom. The Morgan fingerprint density at radius 2 is 1.50 bits per heavy atom. The van der Waals surface area contributed by atoms with Crippen molar-refractivity contribution in [1.29, 1.82) is 0 Å². The van der Waals surface area contributed by atoms with Crippen LogP contribution in [0.15, 0.2) is 59.5 Å². The monoisotopic (exact) mass is 395 g/mol. The van der Waals surface area contributed by atoms with Crippen molar-refractivity contribution >= 4 is 22.6 Å². The average Bonchev–Trinajstić information content (AvgIpc) is 2.67. The normalized spacial score (nSPS) is 10.8. The Hall–Kier alpha value is -2.79. The number of nitrogens with zero attached hydrogens (tertiary/aromatic N) is 1. The van der Waals surface area contributed by atoms with Gasteiger partial charge in [-0.2, -0.15) is 0 Å². The van der Waals surface area contributed by atoms with Crippen LogP contribution in [0.4, 0.5) is 10.1 Å². The highest BCUT2D eigenvalue weighted by Crippen LogP contribution is 2.33. The van der Waals surface area contributed by atoms with Gasteiger partial charge >= 0.3 is 0 Å². The third-order valence-electron chi connectivity index (χ3n) is 4.52. The van der Waals surface area contributed by atoms with Gasteiger partial charge in [-0.3, -0.25) is 4.79 Å². The van der Waals surface area contributed by atoms with Gasteiger partial charge in [0, 0.05) is 30.2 Å². The first-order chi connectivity index (χ1) is 13.2. The molecular weight excluding hydrogens is 373 g/mol. The van der Waals surface area contributed by atoms with E-state index in [1.54, 1.807) is 12.1 Å². The summed E-state index contributed by atoms with van der Waals surface area (Å²) in [5, 5.41) is 9.95. The molecule has 0 aliphatic rings. The minimum absolute atomic E-state index is 0.108. The second-order valence-electron chi connectivity index (χ2n) is 6.97. The number of benzene rings is 3. The van der Waals surface area contributed by atoms with Gasteiger partial charge in [-0.15, -0.1) is 0 Å². The second-order valence-corrected chi connectivity index (χ2v) is 8.01. The summed E-state index contributed by atoms with van der Waals surface area (Å²) in [5.74, 6) is -0.0394. The Morgan fingerprint density at radius 3 is 2.07 bits per heavy atom. The maximum Gasteiger partial charge on any atom is 0.224 e. The molecular formula is C23H22FNO2S. The molecule has 0 aromatic heterocycles. The van der Waals surface area contributed by atoms with Crippen LogP contribution in [-0.2, 0) is 0 Å².